The van der Waals surface area contributed by atoms with Crippen LogP contribution in [-0.2, 0) is 14.8 Å². The Balaban J connectivity index is 4.13. The molecule has 1 amide bonds. The molecule has 1 N–H and O–H groups in total. The number of rotatable bonds is 6. The van der Waals surface area contributed by atoms with E-state index in [0.717, 1.165) is 0 Å². The molecular weight excluding hydrogens is 259 g/mol. The lowest BCUT2D eigenvalue weighted by molar-refractivity contribution is -0.130. The number of amides is 1. The van der Waals surface area contributed by atoms with Gasteiger partial charge in [-0.15, -0.1) is 0 Å². The van der Waals surface area contributed by atoms with Crippen molar-refractivity contribution in [2.75, 3.05) is 5.75 Å². The standard InChI is InChI=1S/C9H16F3NO3S/c1-7(2)3-4-8(14)13-17(15,16)6-5-9(10,11)12/h7H,3-6H2,1-2H3,(H,13,14). The van der Waals surface area contributed by atoms with E-state index in [1.165, 1.54) is 0 Å². The van der Waals surface area contributed by atoms with Gasteiger partial charge in [0.15, 0.2) is 0 Å². The first-order valence-electron chi connectivity index (χ1n) is 5.12. The van der Waals surface area contributed by atoms with Crippen molar-refractivity contribution in [1.29, 1.82) is 0 Å². The van der Waals surface area contributed by atoms with Gasteiger partial charge in [-0.25, -0.2) is 8.42 Å². The summed E-state index contributed by atoms with van der Waals surface area (Å²) in [5.74, 6) is -1.66. The van der Waals surface area contributed by atoms with E-state index in [-0.39, 0.29) is 12.3 Å². The van der Waals surface area contributed by atoms with Crippen LogP contribution in [0.25, 0.3) is 0 Å². The highest BCUT2D eigenvalue weighted by atomic mass is 32.2. The van der Waals surface area contributed by atoms with Gasteiger partial charge in [0.25, 0.3) is 0 Å². The molecule has 0 aromatic heterocycles. The molecule has 0 aliphatic heterocycles. The third kappa shape index (κ3) is 10.1. The quantitative estimate of drug-likeness (QED) is 0.804. The molecule has 0 saturated heterocycles. The van der Waals surface area contributed by atoms with E-state index < -0.39 is 34.3 Å². The Kier molecular flexibility index (Phi) is 5.94. The number of alkyl halides is 3. The Hall–Kier alpha value is -0.790. The number of carbonyl (C=O) groups is 1. The molecule has 0 radical (unpaired) electrons. The molecule has 0 fully saturated rings. The van der Waals surface area contributed by atoms with Crippen LogP contribution in [0.2, 0.25) is 0 Å². The molecule has 0 aliphatic rings. The average molecular weight is 275 g/mol. The Bertz CT molecular complexity index is 349. The van der Waals surface area contributed by atoms with Crippen molar-refractivity contribution < 1.29 is 26.4 Å². The summed E-state index contributed by atoms with van der Waals surface area (Å²) in [5, 5.41) is 0. The van der Waals surface area contributed by atoms with Crippen LogP contribution in [0.5, 0.6) is 0 Å². The summed E-state index contributed by atoms with van der Waals surface area (Å²) in [6.45, 7) is 3.71. The zero-order valence-electron chi connectivity index (χ0n) is 9.67. The summed E-state index contributed by atoms with van der Waals surface area (Å²) >= 11 is 0. The molecule has 0 heterocycles. The second-order valence-electron chi connectivity index (χ2n) is 4.14. The maximum absolute atomic E-state index is 11.8. The van der Waals surface area contributed by atoms with Crippen LogP contribution in [0.3, 0.4) is 0 Å². The second kappa shape index (κ2) is 6.23. The monoisotopic (exact) mass is 275 g/mol. The Labute approximate surface area is 98.6 Å². The molecule has 0 atom stereocenters. The van der Waals surface area contributed by atoms with Gasteiger partial charge in [0.1, 0.15) is 0 Å². The smallest absolute Gasteiger partial charge is 0.274 e. The van der Waals surface area contributed by atoms with Crippen LogP contribution in [0.1, 0.15) is 33.1 Å². The molecule has 17 heavy (non-hydrogen) atoms. The van der Waals surface area contributed by atoms with Crippen molar-refractivity contribution in [1.82, 2.24) is 4.72 Å². The Morgan fingerprint density at radius 3 is 2.24 bits per heavy atom. The first kappa shape index (κ1) is 16.2. The normalized spacial score (nSPS) is 12.8. The number of carbonyl (C=O) groups excluding carboxylic acids is 1. The zero-order valence-corrected chi connectivity index (χ0v) is 10.5. The summed E-state index contributed by atoms with van der Waals surface area (Å²) in [4.78, 5) is 11.1. The summed E-state index contributed by atoms with van der Waals surface area (Å²) in [5.41, 5.74) is 0. The summed E-state index contributed by atoms with van der Waals surface area (Å²) in [7, 11) is -4.18. The molecule has 8 heteroatoms. The van der Waals surface area contributed by atoms with Crippen LogP contribution in [0.15, 0.2) is 0 Å². The summed E-state index contributed by atoms with van der Waals surface area (Å²) in [6, 6.07) is 0. The van der Waals surface area contributed by atoms with E-state index in [0.29, 0.717) is 6.42 Å². The van der Waals surface area contributed by atoms with Crippen LogP contribution >= 0.6 is 0 Å². The lowest BCUT2D eigenvalue weighted by Crippen LogP contribution is -2.34. The second-order valence-corrected chi connectivity index (χ2v) is 5.98. The van der Waals surface area contributed by atoms with Crippen LogP contribution in [0, 0.1) is 5.92 Å². The van der Waals surface area contributed by atoms with Crippen molar-refractivity contribution >= 4 is 15.9 Å². The number of sulfonamides is 1. The number of halogens is 3. The molecule has 102 valence electrons. The first-order chi connectivity index (χ1) is 7.52. The lowest BCUT2D eigenvalue weighted by Gasteiger charge is -2.09. The molecule has 0 unspecified atom stereocenters. The predicted molar refractivity (Wildman–Crippen MR) is 56.7 cm³/mol. The minimum atomic E-state index is -4.55. The highest BCUT2D eigenvalue weighted by Crippen LogP contribution is 2.19. The molecule has 0 bridgehead atoms. The molecular formula is C9H16F3NO3S. The van der Waals surface area contributed by atoms with Gasteiger partial charge in [-0.1, -0.05) is 13.8 Å². The molecule has 0 saturated carbocycles. The van der Waals surface area contributed by atoms with Gasteiger partial charge < -0.3 is 0 Å². The van der Waals surface area contributed by atoms with Crippen molar-refractivity contribution in [3.8, 4) is 0 Å². The van der Waals surface area contributed by atoms with E-state index >= 15 is 0 Å². The van der Waals surface area contributed by atoms with Crippen LogP contribution in [-0.4, -0.2) is 26.3 Å². The number of nitrogens with one attached hydrogen (secondary N) is 1. The van der Waals surface area contributed by atoms with Gasteiger partial charge in [0.05, 0.1) is 12.2 Å². The van der Waals surface area contributed by atoms with Crippen LogP contribution < -0.4 is 4.72 Å². The number of hydrogen-bond donors (Lipinski definition) is 1. The molecule has 0 aliphatic carbocycles. The van der Waals surface area contributed by atoms with Gasteiger partial charge in [0, 0.05) is 6.42 Å². The zero-order chi connectivity index (χ0) is 13.7. The van der Waals surface area contributed by atoms with Gasteiger partial charge >= 0.3 is 6.18 Å². The summed E-state index contributed by atoms with van der Waals surface area (Å²) in [6.07, 6.45) is -5.53. The van der Waals surface area contributed by atoms with Crippen molar-refractivity contribution in [3.63, 3.8) is 0 Å². The lowest BCUT2D eigenvalue weighted by atomic mass is 10.1. The Morgan fingerprint density at radius 2 is 1.82 bits per heavy atom. The highest BCUT2D eigenvalue weighted by molar-refractivity contribution is 7.90. The first-order valence-corrected chi connectivity index (χ1v) is 6.77. The average Bonchev–Trinajstić information content (AvgIpc) is 2.10. The number of hydrogen-bond acceptors (Lipinski definition) is 3. The third-order valence-corrected chi connectivity index (χ3v) is 3.15. The van der Waals surface area contributed by atoms with Gasteiger partial charge in [-0.05, 0) is 12.3 Å². The maximum Gasteiger partial charge on any atom is 0.390 e. The largest absolute Gasteiger partial charge is 0.390 e. The van der Waals surface area contributed by atoms with Crippen molar-refractivity contribution in [3.05, 3.63) is 0 Å². The minimum absolute atomic E-state index is 0.0110. The van der Waals surface area contributed by atoms with Gasteiger partial charge in [0.2, 0.25) is 15.9 Å². The van der Waals surface area contributed by atoms with Crippen molar-refractivity contribution in [2.45, 2.75) is 39.3 Å². The fraction of sp³-hybridized carbons (Fsp3) is 0.889. The molecule has 0 spiro atoms. The Morgan fingerprint density at radius 1 is 1.29 bits per heavy atom. The SMILES string of the molecule is CC(C)CCC(=O)NS(=O)(=O)CCC(F)(F)F. The fourth-order valence-corrected chi connectivity index (χ4v) is 2.00. The van der Waals surface area contributed by atoms with E-state index in [4.69, 9.17) is 0 Å². The minimum Gasteiger partial charge on any atom is -0.274 e. The van der Waals surface area contributed by atoms with Gasteiger partial charge in [-0.3, -0.25) is 9.52 Å². The topological polar surface area (TPSA) is 63.2 Å². The molecule has 4 nitrogen and oxygen atoms in total. The highest BCUT2D eigenvalue weighted by Gasteiger charge is 2.30. The van der Waals surface area contributed by atoms with Gasteiger partial charge in [-0.2, -0.15) is 13.2 Å². The van der Waals surface area contributed by atoms with Crippen LogP contribution in [0.4, 0.5) is 13.2 Å². The van der Waals surface area contributed by atoms with Crippen molar-refractivity contribution in [2.24, 2.45) is 5.92 Å². The third-order valence-electron chi connectivity index (χ3n) is 1.87. The molecule has 0 aromatic carbocycles. The predicted octanol–water partition coefficient (Wildman–Crippen LogP) is 1.82. The summed E-state index contributed by atoms with van der Waals surface area (Å²) < 4.78 is 59.2. The van der Waals surface area contributed by atoms with E-state index in [2.05, 4.69) is 0 Å². The molecule has 0 rings (SSSR count). The maximum atomic E-state index is 11.8. The molecule has 0 aromatic rings. The van der Waals surface area contributed by atoms with E-state index in [1.807, 2.05) is 13.8 Å². The fourth-order valence-electron chi connectivity index (χ4n) is 0.945. The van der Waals surface area contributed by atoms with E-state index in [1.54, 1.807) is 4.72 Å². The van der Waals surface area contributed by atoms with E-state index in [9.17, 15) is 26.4 Å².